The third kappa shape index (κ3) is 3.71. The van der Waals surface area contributed by atoms with Crippen LogP contribution < -0.4 is 4.43 Å². The van der Waals surface area contributed by atoms with Crippen molar-refractivity contribution in [2.24, 2.45) is 0 Å². The van der Waals surface area contributed by atoms with Crippen molar-refractivity contribution in [3.8, 4) is 11.5 Å². The van der Waals surface area contributed by atoms with Gasteiger partial charge in [-0.15, -0.1) is 0 Å². The summed E-state index contributed by atoms with van der Waals surface area (Å²) in [6.45, 7) is 14.2. The van der Waals surface area contributed by atoms with Gasteiger partial charge in [-0.3, -0.25) is 0 Å². The lowest BCUT2D eigenvalue weighted by molar-refractivity contribution is 0.396. The zero-order chi connectivity index (χ0) is 22.3. The molecule has 0 atom stereocenters. The van der Waals surface area contributed by atoms with Gasteiger partial charge in [0, 0.05) is 16.5 Å². The summed E-state index contributed by atoms with van der Waals surface area (Å²) in [5.74, 6) is 2.04. The van der Waals surface area contributed by atoms with Crippen LogP contribution in [0.5, 0.6) is 11.5 Å². The van der Waals surface area contributed by atoms with Gasteiger partial charge in [0.2, 0.25) is 0 Å². The molecule has 0 spiro atoms. The molecule has 0 unspecified atom stereocenters. The van der Waals surface area contributed by atoms with E-state index >= 15 is 0 Å². The smallest absolute Gasteiger partial charge is 0.258 e. The molecular weight excluding hydrogens is 396 g/mol. The molecule has 1 saturated carbocycles. The van der Waals surface area contributed by atoms with Crippen molar-refractivity contribution >= 4 is 19.1 Å². The molecule has 0 heterocycles. The van der Waals surface area contributed by atoms with Gasteiger partial charge in [-0.25, -0.2) is 0 Å². The Morgan fingerprint density at radius 1 is 0.871 bits per heavy atom. The van der Waals surface area contributed by atoms with Gasteiger partial charge in [-0.05, 0) is 65.6 Å². The maximum Gasteiger partial charge on any atom is 0.258 e. The average Bonchev–Trinajstić information content (AvgIpc) is 2.74. The summed E-state index contributed by atoms with van der Waals surface area (Å²) in [5.41, 5.74) is 5.51. The van der Waals surface area contributed by atoms with Crippen LogP contribution in [0, 0.1) is 0 Å². The molecule has 170 valence electrons. The lowest BCUT2D eigenvalue weighted by Gasteiger charge is -2.44. The fourth-order valence-corrected chi connectivity index (χ4v) is 12.3. The number of benzene rings is 2. The molecule has 0 bridgehead atoms. The van der Waals surface area contributed by atoms with Crippen LogP contribution in [0.25, 0.3) is 10.8 Å². The minimum Gasteiger partial charge on any atom is -0.542 e. The van der Waals surface area contributed by atoms with Crippen LogP contribution in [0.3, 0.4) is 0 Å². The highest BCUT2D eigenvalue weighted by Gasteiger charge is 2.48. The van der Waals surface area contributed by atoms with E-state index < -0.39 is 8.32 Å². The monoisotopic (exact) mass is 438 g/mol. The Kier molecular flexibility index (Phi) is 6.45. The van der Waals surface area contributed by atoms with E-state index in [1.54, 1.807) is 0 Å². The number of hydrogen-bond acceptors (Lipinski definition) is 2. The third-order valence-electron chi connectivity index (χ3n) is 8.35. The van der Waals surface area contributed by atoms with Crippen molar-refractivity contribution in [2.75, 3.05) is 0 Å². The number of phenolic OH excluding ortho intramolecular Hbond substituents is 1. The van der Waals surface area contributed by atoms with E-state index in [4.69, 9.17) is 4.43 Å². The Labute approximate surface area is 190 Å². The van der Waals surface area contributed by atoms with Crippen molar-refractivity contribution in [3.63, 3.8) is 0 Å². The first kappa shape index (κ1) is 22.7. The first-order valence-electron chi connectivity index (χ1n) is 12.8. The molecule has 2 aromatic carbocycles. The fraction of sp³-hybridized carbons (Fsp3) is 0.643. The van der Waals surface area contributed by atoms with Crippen LogP contribution in [0.15, 0.2) is 18.2 Å². The van der Waals surface area contributed by atoms with Gasteiger partial charge in [0.25, 0.3) is 8.32 Å². The molecular formula is C28H42O2Si. The molecule has 0 aromatic heterocycles. The molecule has 0 amide bonds. The van der Waals surface area contributed by atoms with Crippen LogP contribution in [-0.4, -0.2) is 13.4 Å². The molecule has 2 aromatic rings. The molecule has 31 heavy (non-hydrogen) atoms. The fourth-order valence-electron chi connectivity index (χ4n) is 7.00. The van der Waals surface area contributed by atoms with Gasteiger partial charge < -0.3 is 9.53 Å². The molecule has 3 heteroatoms. The van der Waals surface area contributed by atoms with E-state index in [-0.39, 0.29) is 0 Å². The first-order chi connectivity index (χ1) is 14.8. The van der Waals surface area contributed by atoms with Crippen molar-refractivity contribution in [3.05, 3.63) is 34.9 Å². The lowest BCUT2D eigenvalue weighted by atomic mass is 9.78. The Balaban J connectivity index is 2.01. The highest BCUT2D eigenvalue weighted by Crippen LogP contribution is 2.53. The summed E-state index contributed by atoms with van der Waals surface area (Å²) in [6, 6.07) is 6.52. The predicted octanol–water partition coefficient (Wildman–Crippen LogP) is 8.64. The zero-order valence-electron chi connectivity index (χ0n) is 20.6. The van der Waals surface area contributed by atoms with Crippen LogP contribution >= 0.6 is 0 Å². The minimum atomic E-state index is -2.13. The zero-order valence-corrected chi connectivity index (χ0v) is 21.6. The van der Waals surface area contributed by atoms with Gasteiger partial charge in [0.05, 0.1) is 0 Å². The Morgan fingerprint density at radius 2 is 1.52 bits per heavy atom. The molecule has 1 fully saturated rings. The molecule has 2 nitrogen and oxygen atoms in total. The van der Waals surface area contributed by atoms with Crippen LogP contribution in [0.4, 0.5) is 0 Å². The second-order valence-electron chi connectivity index (χ2n) is 11.0. The maximum atomic E-state index is 11.7. The molecule has 0 radical (unpaired) electrons. The Hall–Kier alpha value is -1.48. The third-order valence-corrected chi connectivity index (χ3v) is 14.3. The van der Waals surface area contributed by atoms with E-state index in [1.165, 1.54) is 55.0 Å². The topological polar surface area (TPSA) is 29.5 Å². The molecule has 4 rings (SSSR count). The van der Waals surface area contributed by atoms with E-state index in [2.05, 4.69) is 59.7 Å². The lowest BCUT2D eigenvalue weighted by Crippen LogP contribution is -2.51. The molecule has 0 saturated heterocycles. The van der Waals surface area contributed by atoms with Gasteiger partial charge >= 0.3 is 0 Å². The second-order valence-corrected chi connectivity index (χ2v) is 16.4. The van der Waals surface area contributed by atoms with Crippen molar-refractivity contribution in [1.82, 2.24) is 0 Å². The summed E-state index contributed by atoms with van der Waals surface area (Å²) in [5, 5.41) is 14.1. The predicted molar refractivity (Wildman–Crippen MR) is 135 cm³/mol. The van der Waals surface area contributed by atoms with Gasteiger partial charge in [0.1, 0.15) is 11.5 Å². The van der Waals surface area contributed by atoms with E-state index in [9.17, 15) is 5.11 Å². The quantitative estimate of drug-likeness (QED) is 0.457. The van der Waals surface area contributed by atoms with Gasteiger partial charge in [-0.2, -0.15) is 0 Å². The normalized spacial score (nSPS) is 17.8. The van der Waals surface area contributed by atoms with E-state index in [0.29, 0.717) is 28.3 Å². The number of hydrogen-bond donors (Lipinski definition) is 1. The highest BCUT2D eigenvalue weighted by atomic mass is 28.4. The van der Waals surface area contributed by atoms with Gasteiger partial charge in [0.15, 0.2) is 0 Å². The van der Waals surface area contributed by atoms with E-state index in [0.717, 1.165) is 29.5 Å². The van der Waals surface area contributed by atoms with Crippen LogP contribution in [-0.2, 0) is 12.8 Å². The molecule has 1 N–H and O–H groups in total. The molecule has 2 aliphatic rings. The first-order valence-corrected chi connectivity index (χ1v) is 14.9. The largest absolute Gasteiger partial charge is 0.542 e. The second kappa shape index (κ2) is 8.81. The summed E-state index contributed by atoms with van der Waals surface area (Å²) < 4.78 is 7.45. The maximum absolute atomic E-state index is 11.7. The minimum absolute atomic E-state index is 0.424. The molecule has 0 aliphatic heterocycles. The standard InChI is InChI=1S/C28H42O2Si/c1-18(2)31(19(3)4,20(5)6)30-28-24-17-11-15-21-14-10-16-23(25(21)24)27(29)26(28)22-12-8-7-9-13-22/h10,14,16,18-20,22,29H,7-9,11-13,15,17H2,1-6H3. The number of aryl methyl sites for hydroxylation is 2. The molecule has 2 aliphatic carbocycles. The van der Waals surface area contributed by atoms with Crippen LogP contribution in [0.1, 0.15) is 103 Å². The summed E-state index contributed by atoms with van der Waals surface area (Å²) in [4.78, 5) is 0. The number of phenols is 1. The highest BCUT2D eigenvalue weighted by molar-refractivity contribution is 6.78. The van der Waals surface area contributed by atoms with E-state index in [1.807, 2.05) is 0 Å². The van der Waals surface area contributed by atoms with Gasteiger partial charge in [-0.1, -0.05) is 79.0 Å². The number of rotatable bonds is 6. The Morgan fingerprint density at radius 3 is 2.13 bits per heavy atom. The van der Waals surface area contributed by atoms with Crippen LogP contribution in [0.2, 0.25) is 16.6 Å². The van der Waals surface area contributed by atoms with Crippen molar-refractivity contribution in [2.45, 2.75) is 115 Å². The summed E-state index contributed by atoms with van der Waals surface area (Å²) in [7, 11) is -2.13. The Bertz CT molecular complexity index is 916. The van der Waals surface area contributed by atoms with Crippen molar-refractivity contribution < 1.29 is 9.53 Å². The average molecular weight is 439 g/mol. The SMILES string of the molecule is CC(C)[Si](Oc1c(C2CCCCC2)c(O)c2cccc3c2c1CCC3)(C(C)C)C(C)C. The summed E-state index contributed by atoms with van der Waals surface area (Å²) >= 11 is 0. The number of aromatic hydroxyl groups is 1. The summed E-state index contributed by atoms with van der Waals surface area (Å²) in [6.07, 6.45) is 9.55. The van der Waals surface area contributed by atoms with Crippen molar-refractivity contribution in [1.29, 1.82) is 0 Å².